The standard InChI is InChI=1S/C21H29N3O3.C17H14ClN5O/c25-20-6-5-19(21(26)22-20)17-1-3-18(4-2-17)24-9-7-16(8-10-24)15-23-11-13-27-14-12-23;1-10-12(9-23(2)22-10)16-20-14-15(13(18)8-19-17(14)21-16)24-11-6-4-3-5-7-11/h1-4,16,19H,5-15H2,(H,22,25,26);3-9H,1-2H3,(H,19,20,21). The van der Waals surface area contributed by atoms with Gasteiger partial charge in [-0.15, -0.1) is 0 Å². The summed E-state index contributed by atoms with van der Waals surface area (Å²) in [7, 11) is 1.87. The second-order valence-corrected chi connectivity index (χ2v) is 13.8. The first-order chi connectivity index (χ1) is 24.8. The van der Waals surface area contributed by atoms with Gasteiger partial charge < -0.3 is 19.4 Å². The third-order valence-corrected chi connectivity index (χ3v) is 10.1. The lowest BCUT2D eigenvalue weighted by Crippen LogP contribution is -2.43. The van der Waals surface area contributed by atoms with Crippen LogP contribution >= 0.6 is 11.6 Å². The lowest BCUT2D eigenvalue weighted by atomic mass is 9.90. The summed E-state index contributed by atoms with van der Waals surface area (Å²) in [4.78, 5) is 40.4. The highest BCUT2D eigenvalue weighted by Crippen LogP contribution is 2.36. The Morgan fingerprint density at radius 2 is 1.73 bits per heavy atom. The first kappa shape index (κ1) is 34.7. The fourth-order valence-corrected chi connectivity index (χ4v) is 7.21. The maximum absolute atomic E-state index is 12.0. The van der Waals surface area contributed by atoms with Crippen LogP contribution in [0.2, 0.25) is 5.02 Å². The number of imidazole rings is 1. The number of fused-ring (bicyclic) bond motifs is 1. The van der Waals surface area contributed by atoms with E-state index >= 15 is 0 Å². The number of piperidine rings is 2. The fourth-order valence-electron chi connectivity index (χ4n) is 7.03. The number of hydrogen-bond donors (Lipinski definition) is 2. The van der Waals surface area contributed by atoms with Crippen LogP contribution in [-0.2, 0) is 21.4 Å². The Hall–Kier alpha value is -4.78. The number of benzene rings is 2. The highest BCUT2D eigenvalue weighted by Gasteiger charge is 2.28. The van der Waals surface area contributed by atoms with Crippen LogP contribution < -0.4 is 15.0 Å². The van der Waals surface area contributed by atoms with Gasteiger partial charge in [0, 0.05) is 58.1 Å². The van der Waals surface area contributed by atoms with Crippen LogP contribution in [0, 0.1) is 12.8 Å². The summed E-state index contributed by atoms with van der Waals surface area (Å²) in [5.74, 6) is 2.14. The number of rotatable bonds is 7. The van der Waals surface area contributed by atoms with E-state index < -0.39 is 0 Å². The van der Waals surface area contributed by atoms with Crippen molar-refractivity contribution in [1.29, 1.82) is 0 Å². The summed E-state index contributed by atoms with van der Waals surface area (Å²) in [6.07, 6.45) is 6.94. The third-order valence-electron chi connectivity index (χ3n) is 9.79. The van der Waals surface area contributed by atoms with Gasteiger partial charge in [-0.2, -0.15) is 5.10 Å². The molecule has 0 radical (unpaired) electrons. The van der Waals surface area contributed by atoms with E-state index in [1.165, 1.54) is 25.1 Å². The zero-order valence-electron chi connectivity index (χ0n) is 29.0. The first-order valence-corrected chi connectivity index (χ1v) is 17.9. The number of hydrogen-bond acceptors (Lipinski definition) is 9. The zero-order chi connectivity index (χ0) is 35.3. The molecule has 3 aromatic heterocycles. The number of pyridine rings is 1. The Morgan fingerprint density at radius 3 is 2.41 bits per heavy atom. The molecule has 3 aliphatic heterocycles. The number of para-hydroxylation sites is 1. The molecule has 0 bridgehead atoms. The molecule has 1 atom stereocenters. The number of morpholine rings is 1. The zero-order valence-corrected chi connectivity index (χ0v) is 29.7. The topological polar surface area (TPSA) is 130 Å². The molecule has 0 aliphatic carbocycles. The van der Waals surface area contributed by atoms with Gasteiger partial charge in [0.05, 0.1) is 36.6 Å². The van der Waals surface area contributed by atoms with Gasteiger partial charge in [0.25, 0.3) is 0 Å². The number of aryl methyl sites for hydroxylation is 2. The number of nitrogens with one attached hydrogen (secondary N) is 2. The second-order valence-electron chi connectivity index (χ2n) is 13.4. The van der Waals surface area contributed by atoms with Gasteiger partial charge in [-0.1, -0.05) is 41.9 Å². The Balaban J connectivity index is 0.000000160. The normalized spacial score (nSPS) is 18.7. The summed E-state index contributed by atoms with van der Waals surface area (Å²) in [5.41, 5.74) is 5.24. The highest BCUT2D eigenvalue weighted by molar-refractivity contribution is 6.32. The SMILES string of the molecule is Cc1nn(C)cc1-c1nc2ncc(Cl)c(Oc3ccccc3)c2[nH]1.O=C1CCC(c2ccc(N3CCC(CN4CCOCC4)CC3)cc2)C(=O)N1. The van der Waals surface area contributed by atoms with E-state index in [1.54, 1.807) is 10.9 Å². The van der Waals surface area contributed by atoms with E-state index in [4.69, 9.17) is 21.1 Å². The van der Waals surface area contributed by atoms with Crippen molar-refractivity contribution in [1.82, 2.24) is 34.9 Å². The highest BCUT2D eigenvalue weighted by atomic mass is 35.5. The first-order valence-electron chi connectivity index (χ1n) is 17.6. The lowest BCUT2D eigenvalue weighted by Gasteiger charge is -2.37. The molecule has 6 heterocycles. The van der Waals surface area contributed by atoms with Gasteiger partial charge >= 0.3 is 0 Å². The number of amides is 2. The van der Waals surface area contributed by atoms with Crippen molar-refractivity contribution in [2.24, 2.45) is 13.0 Å². The maximum Gasteiger partial charge on any atom is 0.234 e. The molecule has 0 spiro atoms. The minimum Gasteiger partial charge on any atom is -0.453 e. The largest absolute Gasteiger partial charge is 0.453 e. The molecule has 51 heavy (non-hydrogen) atoms. The number of H-pyrrole nitrogens is 1. The lowest BCUT2D eigenvalue weighted by molar-refractivity contribution is -0.134. The predicted octanol–water partition coefficient (Wildman–Crippen LogP) is 5.87. The van der Waals surface area contributed by atoms with E-state index in [9.17, 15) is 9.59 Å². The van der Waals surface area contributed by atoms with Crippen LogP contribution in [0.25, 0.3) is 22.6 Å². The van der Waals surface area contributed by atoms with Crippen LogP contribution in [-0.4, -0.2) is 87.4 Å². The number of carbonyl (C=O) groups excluding carboxylic acids is 2. The van der Waals surface area contributed by atoms with Crippen LogP contribution in [0.4, 0.5) is 5.69 Å². The predicted molar refractivity (Wildman–Crippen MR) is 196 cm³/mol. The van der Waals surface area contributed by atoms with Gasteiger partial charge in [0.2, 0.25) is 11.8 Å². The number of anilines is 1. The molecule has 5 aromatic rings. The number of imide groups is 1. The van der Waals surface area contributed by atoms with Crippen molar-refractivity contribution in [3.8, 4) is 22.9 Å². The smallest absolute Gasteiger partial charge is 0.234 e. The number of nitrogens with zero attached hydrogens (tertiary/aromatic N) is 6. The number of ether oxygens (including phenoxy) is 2. The van der Waals surface area contributed by atoms with E-state index in [2.05, 4.69) is 59.4 Å². The molecule has 2 aromatic carbocycles. The van der Waals surface area contributed by atoms with Crippen LogP contribution in [0.5, 0.6) is 11.5 Å². The molecule has 12 nitrogen and oxygen atoms in total. The Morgan fingerprint density at radius 1 is 0.980 bits per heavy atom. The van der Waals surface area contributed by atoms with Crippen LogP contribution in [0.15, 0.2) is 67.0 Å². The quantitative estimate of drug-likeness (QED) is 0.199. The molecule has 3 saturated heterocycles. The van der Waals surface area contributed by atoms with Crippen LogP contribution in [0.3, 0.4) is 0 Å². The van der Waals surface area contributed by atoms with Gasteiger partial charge in [-0.3, -0.25) is 24.5 Å². The van der Waals surface area contributed by atoms with E-state index in [1.807, 2.05) is 50.5 Å². The molecule has 266 valence electrons. The van der Waals surface area contributed by atoms with Crippen molar-refractivity contribution in [3.63, 3.8) is 0 Å². The molecule has 3 fully saturated rings. The van der Waals surface area contributed by atoms with E-state index in [-0.39, 0.29) is 17.7 Å². The summed E-state index contributed by atoms with van der Waals surface area (Å²) in [6, 6.07) is 17.8. The van der Waals surface area contributed by atoms with Crippen molar-refractivity contribution in [3.05, 3.63) is 83.3 Å². The molecule has 2 amide bonds. The van der Waals surface area contributed by atoms with Crippen molar-refractivity contribution in [2.45, 2.75) is 38.5 Å². The molecule has 0 saturated carbocycles. The van der Waals surface area contributed by atoms with E-state index in [0.29, 0.717) is 46.4 Å². The molecule has 13 heteroatoms. The van der Waals surface area contributed by atoms with Gasteiger partial charge in [0.1, 0.15) is 22.1 Å². The molecule has 1 unspecified atom stereocenters. The second kappa shape index (κ2) is 15.6. The fraction of sp³-hybridized carbons (Fsp3) is 0.395. The van der Waals surface area contributed by atoms with Crippen molar-refractivity contribution < 1.29 is 19.1 Å². The minimum absolute atomic E-state index is 0.159. The van der Waals surface area contributed by atoms with Gasteiger partial charge in [-0.05, 0) is 61.9 Å². The number of aromatic amines is 1. The minimum atomic E-state index is -0.198. The monoisotopic (exact) mass is 710 g/mol. The summed E-state index contributed by atoms with van der Waals surface area (Å²) < 4.78 is 13.1. The van der Waals surface area contributed by atoms with Gasteiger partial charge in [-0.25, -0.2) is 9.97 Å². The molecular weight excluding hydrogens is 668 g/mol. The third kappa shape index (κ3) is 8.24. The molecule has 3 aliphatic rings. The molecule has 2 N–H and O–H groups in total. The van der Waals surface area contributed by atoms with Gasteiger partial charge in [0.15, 0.2) is 11.4 Å². The van der Waals surface area contributed by atoms with E-state index in [0.717, 1.165) is 62.1 Å². The Labute approximate surface area is 302 Å². The average Bonchev–Trinajstić information content (AvgIpc) is 3.73. The average molecular weight is 711 g/mol. The van der Waals surface area contributed by atoms with Crippen LogP contribution in [0.1, 0.15) is 42.9 Å². The number of aromatic nitrogens is 5. The molecule has 8 rings (SSSR count). The molecular formula is C38H43ClN8O4. The Kier molecular flexibility index (Phi) is 10.6. The summed E-state index contributed by atoms with van der Waals surface area (Å²) in [6.45, 7) is 9.20. The summed E-state index contributed by atoms with van der Waals surface area (Å²) in [5, 5.41) is 7.21. The number of halogens is 1. The Bertz CT molecular complexity index is 1970. The summed E-state index contributed by atoms with van der Waals surface area (Å²) >= 11 is 6.29. The van der Waals surface area contributed by atoms with Crippen molar-refractivity contribution in [2.75, 3.05) is 50.8 Å². The van der Waals surface area contributed by atoms with Crippen molar-refractivity contribution >= 4 is 40.3 Å². The number of carbonyl (C=O) groups is 2. The maximum atomic E-state index is 12.0.